The minimum absolute atomic E-state index is 0.251. The maximum Gasteiger partial charge on any atom is 0.231 e. The van der Waals surface area contributed by atoms with Gasteiger partial charge in [0.2, 0.25) is 12.7 Å². The van der Waals surface area contributed by atoms with Gasteiger partial charge in [0.05, 0.1) is 0 Å². The van der Waals surface area contributed by atoms with Crippen molar-refractivity contribution in [1.82, 2.24) is 9.80 Å². The molecule has 2 aliphatic rings. The number of benzene rings is 1. The number of fused-ring (bicyclic) bond motifs is 1. The molecule has 0 unspecified atom stereocenters. The Kier molecular flexibility index (Phi) is 4.48. The zero-order chi connectivity index (χ0) is 16.4. The van der Waals surface area contributed by atoms with Gasteiger partial charge in [0.1, 0.15) is 0 Å². The molecule has 0 N–H and O–H groups in total. The van der Waals surface area contributed by atoms with E-state index < -0.39 is 0 Å². The molecule has 2 aliphatic heterocycles. The Balaban J connectivity index is 1.54. The van der Waals surface area contributed by atoms with Crippen molar-refractivity contribution in [3.63, 3.8) is 0 Å². The summed E-state index contributed by atoms with van der Waals surface area (Å²) in [5.41, 5.74) is 0.974. The highest BCUT2D eigenvalue weighted by molar-refractivity contribution is 5.82. The molecule has 1 fully saturated rings. The van der Waals surface area contributed by atoms with Gasteiger partial charge < -0.3 is 14.4 Å². The molecule has 0 aromatic heterocycles. The summed E-state index contributed by atoms with van der Waals surface area (Å²) in [6.45, 7) is 10.8. The second kappa shape index (κ2) is 6.40. The molecular weight excluding hydrogens is 292 g/mol. The molecule has 23 heavy (non-hydrogen) atoms. The first kappa shape index (κ1) is 16.1. The molecule has 2 heterocycles. The van der Waals surface area contributed by atoms with Crippen molar-refractivity contribution in [3.05, 3.63) is 23.8 Å². The van der Waals surface area contributed by atoms with Gasteiger partial charge in [-0.25, -0.2) is 0 Å². The third-order valence-corrected chi connectivity index (χ3v) is 4.97. The molecule has 1 saturated heterocycles. The van der Waals surface area contributed by atoms with Crippen LogP contribution in [0.25, 0.3) is 0 Å². The van der Waals surface area contributed by atoms with Gasteiger partial charge in [-0.2, -0.15) is 0 Å². The molecule has 0 spiro atoms. The third-order valence-electron chi connectivity index (χ3n) is 4.97. The minimum atomic E-state index is -0.251. The van der Waals surface area contributed by atoms with Crippen LogP contribution in [0.5, 0.6) is 11.5 Å². The highest BCUT2D eigenvalue weighted by atomic mass is 16.7. The Labute approximate surface area is 138 Å². The summed E-state index contributed by atoms with van der Waals surface area (Å²) in [7, 11) is 0. The molecule has 0 atom stereocenters. The standard InChI is InChI=1S/C18H26N2O3/c1-4-18(2,3)17(21)20-9-7-19(8-10-20)12-14-5-6-15-16(11-14)23-13-22-15/h5-6,11H,4,7-10,12-13H2,1-3H3. The van der Waals surface area contributed by atoms with Gasteiger partial charge in [-0.3, -0.25) is 9.69 Å². The average molecular weight is 318 g/mol. The lowest BCUT2D eigenvalue weighted by atomic mass is 9.88. The maximum atomic E-state index is 12.5. The quantitative estimate of drug-likeness (QED) is 0.855. The van der Waals surface area contributed by atoms with E-state index in [1.54, 1.807) is 0 Å². The van der Waals surface area contributed by atoms with Crippen molar-refractivity contribution in [2.75, 3.05) is 33.0 Å². The lowest BCUT2D eigenvalue weighted by molar-refractivity contribution is -0.142. The van der Waals surface area contributed by atoms with Crippen LogP contribution in [-0.4, -0.2) is 48.7 Å². The molecule has 1 aromatic rings. The van der Waals surface area contributed by atoms with E-state index in [2.05, 4.69) is 24.0 Å². The van der Waals surface area contributed by atoms with Crippen molar-refractivity contribution in [1.29, 1.82) is 0 Å². The van der Waals surface area contributed by atoms with Crippen LogP contribution >= 0.6 is 0 Å². The molecule has 0 saturated carbocycles. The topological polar surface area (TPSA) is 42.0 Å². The normalized spacial score (nSPS) is 18.3. The van der Waals surface area contributed by atoms with Crippen molar-refractivity contribution >= 4 is 5.91 Å². The fourth-order valence-electron chi connectivity index (χ4n) is 2.99. The molecule has 0 radical (unpaired) electrons. The SMILES string of the molecule is CCC(C)(C)C(=O)N1CCN(Cc2ccc3c(c2)OCO3)CC1. The number of amides is 1. The van der Waals surface area contributed by atoms with E-state index in [-0.39, 0.29) is 11.3 Å². The summed E-state index contributed by atoms with van der Waals surface area (Å²) in [4.78, 5) is 16.9. The lowest BCUT2D eigenvalue weighted by Gasteiger charge is -2.38. The Hall–Kier alpha value is -1.75. The first-order valence-corrected chi connectivity index (χ1v) is 8.40. The van der Waals surface area contributed by atoms with Crippen LogP contribution in [-0.2, 0) is 11.3 Å². The van der Waals surface area contributed by atoms with Crippen LogP contribution in [0.15, 0.2) is 18.2 Å². The molecule has 0 bridgehead atoms. The maximum absolute atomic E-state index is 12.5. The summed E-state index contributed by atoms with van der Waals surface area (Å²) in [6, 6.07) is 6.12. The highest BCUT2D eigenvalue weighted by Crippen LogP contribution is 2.33. The summed E-state index contributed by atoms with van der Waals surface area (Å²) in [5.74, 6) is 1.94. The van der Waals surface area contributed by atoms with Crippen molar-refractivity contribution < 1.29 is 14.3 Å². The van der Waals surface area contributed by atoms with E-state index in [0.29, 0.717) is 6.79 Å². The van der Waals surface area contributed by atoms with E-state index in [9.17, 15) is 4.79 Å². The number of nitrogens with zero attached hydrogens (tertiary/aromatic N) is 2. The fraction of sp³-hybridized carbons (Fsp3) is 0.611. The molecule has 1 amide bonds. The first-order chi connectivity index (χ1) is 11.0. The largest absolute Gasteiger partial charge is 0.454 e. The van der Waals surface area contributed by atoms with E-state index in [1.807, 2.05) is 24.8 Å². The molecule has 3 rings (SSSR count). The first-order valence-electron chi connectivity index (χ1n) is 8.40. The van der Waals surface area contributed by atoms with Crippen molar-refractivity contribution in [3.8, 4) is 11.5 Å². The zero-order valence-corrected chi connectivity index (χ0v) is 14.3. The number of carbonyl (C=O) groups is 1. The van der Waals surface area contributed by atoms with Crippen LogP contribution in [0.1, 0.15) is 32.8 Å². The van der Waals surface area contributed by atoms with E-state index in [4.69, 9.17) is 9.47 Å². The molecule has 0 aliphatic carbocycles. The predicted molar refractivity (Wildman–Crippen MR) is 88.5 cm³/mol. The van der Waals surface area contributed by atoms with Crippen LogP contribution < -0.4 is 9.47 Å². The Morgan fingerprint density at radius 3 is 2.52 bits per heavy atom. The zero-order valence-electron chi connectivity index (χ0n) is 14.3. The summed E-state index contributed by atoms with van der Waals surface area (Å²) in [6.07, 6.45) is 0.878. The average Bonchev–Trinajstić information content (AvgIpc) is 3.02. The van der Waals surface area contributed by atoms with Gasteiger partial charge in [-0.1, -0.05) is 26.8 Å². The van der Waals surface area contributed by atoms with Crippen molar-refractivity contribution in [2.45, 2.75) is 33.7 Å². The van der Waals surface area contributed by atoms with Gasteiger partial charge in [0.25, 0.3) is 0 Å². The molecule has 5 heteroatoms. The monoisotopic (exact) mass is 318 g/mol. The second-order valence-electron chi connectivity index (χ2n) is 6.99. The fourth-order valence-corrected chi connectivity index (χ4v) is 2.99. The number of hydrogen-bond donors (Lipinski definition) is 0. The van der Waals surface area contributed by atoms with Gasteiger partial charge in [0, 0.05) is 38.1 Å². The van der Waals surface area contributed by atoms with Gasteiger partial charge in [-0.05, 0) is 24.1 Å². The van der Waals surface area contributed by atoms with Gasteiger partial charge in [0.15, 0.2) is 11.5 Å². The smallest absolute Gasteiger partial charge is 0.231 e. The number of rotatable bonds is 4. The van der Waals surface area contributed by atoms with Crippen LogP contribution in [0.3, 0.4) is 0 Å². The third kappa shape index (κ3) is 3.44. The second-order valence-corrected chi connectivity index (χ2v) is 6.99. The number of ether oxygens (including phenoxy) is 2. The minimum Gasteiger partial charge on any atom is -0.454 e. The molecule has 1 aromatic carbocycles. The summed E-state index contributed by atoms with van der Waals surface area (Å²) < 4.78 is 10.8. The van der Waals surface area contributed by atoms with Crippen LogP contribution in [0.4, 0.5) is 0 Å². The number of hydrogen-bond acceptors (Lipinski definition) is 4. The number of carbonyl (C=O) groups excluding carboxylic acids is 1. The van der Waals surface area contributed by atoms with E-state index >= 15 is 0 Å². The molecule has 126 valence electrons. The number of piperazine rings is 1. The van der Waals surface area contributed by atoms with Crippen LogP contribution in [0.2, 0.25) is 0 Å². The van der Waals surface area contributed by atoms with Crippen molar-refractivity contribution in [2.24, 2.45) is 5.41 Å². The lowest BCUT2D eigenvalue weighted by Crippen LogP contribution is -2.51. The Bertz CT molecular complexity index is 578. The van der Waals surface area contributed by atoms with Crippen LogP contribution in [0, 0.1) is 5.41 Å². The van der Waals surface area contributed by atoms with Gasteiger partial charge in [-0.15, -0.1) is 0 Å². The summed E-state index contributed by atoms with van der Waals surface area (Å²) >= 11 is 0. The Morgan fingerprint density at radius 2 is 1.83 bits per heavy atom. The molecule has 5 nitrogen and oxygen atoms in total. The molecular formula is C18H26N2O3. The van der Waals surface area contributed by atoms with E-state index in [0.717, 1.165) is 50.6 Å². The highest BCUT2D eigenvalue weighted by Gasteiger charge is 2.32. The summed E-state index contributed by atoms with van der Waals surface area (Å²) in [5, 5.41) is 0. The van der Waals surface area contributed by atoms with E-state index in [1.165, 1.54) is 5.56 Å². The predicted octanol–water partition coefficient (Wildman–Crippen LogP) is 2.50. The Morgan fingerprint density at radius 1 is 1.13 bits per heavy atom. The van der Waals surface area contributed by atoms with Gasteiger partial charge >= 0.3 is 0 Å².